The Labute approximate surface area is 201 Å². The Kier molecular flexibility index (Phi) is 6.68. The van der Waals surface area contributed by atoms with Crippen molar-refractivity contribution in [1.29, 1.82) is 0 Å². The van der Waals surface area contributed by atoms with E-state index in [4.69, 9.17) is 14.5 Å². The fourth-order valence-corrected chi connectivity index (χ4v) is 5.52. The van der Waals surface area contributed by atoms with Crippen LogP contribution < -0.4 is 10.6 Å². The zero-order chi connectivity index (χ0) is 26.6. The van der Waals surface area contributed by atoms with Crippen LogP contribution in [0.15, 0.2) is 18.6 Å². The molecule has 7 N–H and O–H groups in total. The Morgan fingerprint density at radius 1 is 1.33 bits per heavy atom. The maximum Gasteiger partial charge on any atom is 0.481 e. The number of amides is 2. The van der Waals surface area contributed by atoms with Crippen LogP contribution in [0.4, 0.5) is 5.82 Å². The maximum absolute atomic E-state index is 12.2. The summed E-state index contributed by atoms with van der Waals surface area (Å²) in [6.45, 7) is 1.54. The third kappa shape index (κ3) is 5.12. The van der Waals surface area contributed by atoms with Crippen molar-refractivity contribution >= 4 is 50.0 Å². The molecular weight excluding hydrogens is 528 g/mol. The number of rotatable bonds is 7. The molecule has 0 spiro atoms. The normalized spacial score (nSPS) is 27.8. The molecule has 4 heterocycles. The Morgan fingerprint density at radius 3 is 2.67 bits per heavy atom. The SMILES string of the molecule is CC(=O)NC1=CC(=O)Nc2ncnc3c2c1cn3[C@@H]1O[C@H](COP(=O)(O)OP(=O)(O)O)[C@@H](O)[C@@]1(C)O. The highest BCUT2D eigenvalue weighted by Crippen LogP contribution is 2.58. The molecule has 4 rings (SSSR count). The number of phosphoric acid groups is 2. The van der Waals surface area contributed by atoms with Crippen molar-refractivity contribution in [2.75, 3.05) is 11.9 Å². The van der Waals surface area contributed by atoms with Gasteiger partial charge < -0.3 is 44.8 Å². The molecule has 0 aliphatic carbocycles. The summed E-state index contributed by atoms with van der Waals surface area (Å²) in [5.74, 6) is -0.939. The fourth-order valence-electron chi connectivity index (χ4n) is 3.92. The average molecular weight is 549 g/mol. The molecule has 0 saturated carbocycles. The second kappa shape index (κ2) is 9.08. The molecular formula is C17H21N5O12P2. The molecule has 1 unspecified atom stereocenters. The number of phosphoric ester groups is 1. The molecule has 5 atom stereocenters. The molecule has 2 aliphatic heterocycles. The summed E-state index contributed by atoms with van der Waals surface area (Å²) in [6, 6.07) is 0. The lowest BCUT2D eigenvalue weighted by molar-refractivity contribution is -0.117. The Morgan fingerprint density at radius 2 is 2.03 bits per heavy atom. The highest BCUT2D eigenvalue weighted by molar-refractivity contribution is 7.60. The average Bonchev–Trinajstić information content (AvgIpc) is 3.15. The van der Waals surface area contributed by atoms with Crippen molar-refractivity contribution in [3.05, 3.63) is 24.2 Å². The highest BCUT2D eigenvalue weighted by atomic mass is 31.3. The molecule has 1 fully saturated rings. The topological polar surface area (TPSA) is 252 Å². The van der Waals surface area contributed by atoms with Gasteiger partial charge in [-0.3, -0.25) is 14.1 Å². The number of carbonyl (C=O) groups is 2. The van der Waals surface area contributed by atoms with Crippen molar-refractivity contribution in [2.24, 2.45) is 0 Å². The number of hydrogen-bond donors (Lipinski definition) is 7. The van der Waals surface area contributed by atoms with Gasteiger partial charge in [0.05, 0.1) is 17.7 Å². The number of aliphatic hydroxyl groups is 2. The van der Waals surface area contributed by atoms with Crippen molar-refractivity contribution in [2.45, 2.75) is 37.9 Å². The molecule has 36 heavy (non-hydrogen) atoms. The minimum Gasteiger partial charge on any atom is -0.387 e. The molecule has 19 heteroatoms. The third-order valence-electron chi connectivity index (χ3n) is 5.35. The van der Waals surface area contributed by atoms with Gasteiger partial charge in [-0.05, 0) is 6.92 Å². The van der Waals surface area contributed by atoms with E-state index < -0.39 is 58.1 Å². The molecule has 2 aliphatic rings. The van der Waals surface area contributed by atoms with Gasteiger partial charge in [0.15, 0.2) is 6.23 Å². The first-order valence-electron chi connectivity index (χ1n) is 10.1. The van der Waals surface area contributed by atoms with Crippen LogP contribution in [0.3, 0.4) is 0 Å². The van der Waals surface area contributed by atoms with Gasteiger partial charge in [-0.15, -0.1) is 0 Å². The van der Waals surface area contributed by atoms with Crippen LogP contribution in [0.1, 0.15) is 25.6 Å². The summed E-state index contributed by atoms with van der Waals surface area (Å²) in [7, 11) is -10.6. The van der Waals surface area contributed by atoms with E-state index >= 15 is 0 Å². The van der Waals surface area contributed by atoms with Gasteiger partial charge in [0.25, 0.3) is 5.91 Å². The summed E-state index contributed by atoms with van der Waals surface area (Å²) in [6.07, 6.45) is -0.933. The van der Waals surface area contributed by atoms with Gasteiger partial charge in [0, 0.05) is 24.8 Å². The van der Waals surface area contributed by atoms with E-state index in [1.54, 1.807) is 0 Å². The molecule has 196 valence electrons. The lowest BCUT2D eigenvalue weighted by Crippen LogP contribution is -2.44. The number of nitrogens with zero attached hydrogens (tertiary/aromatic N) is 3. The van der Waals surface area contributed by atoms with Gasteiger partial charge in [-0.25, -0.2) is 19.1 Å². The van der Waals surface area contributed by atoms with Crippen molar-refractivity contribution < 1.29 is 57.2 Å². The number of aromatic nitrogens is 3. The van der Waals surface area contributed by atoms with Crippen LogP contribution in [0.25, 0.3) is 16.7 Å². The largest absolute Gasteiger partial charge is 0.481 e. The number of carbonyl (C=O) groups excluding carboxylic acids is 2. The van der Waals surface area contributed by atoms with E-state index in [0.717, 1.165) is 12.4 Å². The molecule has 2 aromatic heterocycles. The van der Waals surface area contributed by atoms with Crippen LogP contribution in [-0.4, -0.2) is 75.7 Å². The third-order valence-corrected chi connectivity index (χ3v) is 7.50. The van der Waals surface area contributed by atoms with Gasteiger partial charge in [0.1, 0.15) is 35.6 Å². The maximum atomic E-state index is 12.2. The van der Waals surface area contributed by atoms with Crippen LogP contribution in [-0.2, 0) is 32.3 Å². The second-order valence-corrected chi connectivity index (χ2v) is 11.0. The summed E-state index contributed by atoms with van der Waals surface area (Å²) in [4.78, 5) is 59.1. The first kappa shape index (κ1) is 26.5. The minimum atomic E-state index is -5.37. The van der Waals surface area contributed by atoms with E-state index in [1.165, 1.54) is 24.6 Å². The molecule has 2 aromatic rings. The van der Waals surface area contributed by atoms with E-state index in [2.05, 4.69) is 29.4 Å². The van der Waals surface area contributed by atoms with E-state index in [-0.39, 0.29) is 28.1 Å². The van der Waals surface area contributed by atoms with Crippen molar-refractivity contribution in [3.8, 4) is 0 Å². The number of hydrogen-bond acceptors (Lipinski definition) is 11. The number of aliphatic hydroxyl groups excluding tert-OH is 1. The summed E-state index contributed by atoms with van der Waals surface area (Å²) in [5.41, 5.74) is -1.54. The summed E-state index contributed by atoms with van der Waals surface area (Å²) < 4.78 is 37.8. The van der Waals surface area contributed by atoms with Crippen molar-refractivity contribution in [3.63, 3.8) is 0 Å². The molecule has 17 nitrogen and oxygen atoms in total. The molecule has 0 bridgehead atoms. The van der Waals surface area contributed by atoms with Gasteiger partial charge in [-0.2, -0.15) is 4.31 Å². The summed E-state index contributed by atoms with van der Waals surface area (Å²) in [5, 5.41) is 27.1. The van der Waals surface area contributed by atoms with Crippen LogP contribution >= 0.6 is 15.6 Å². The van der Waals surface area contributed by atoms with E-state index in [9.17, 15) is 33.8 Å². The molecule has 2 amide bonds. The summed E-state index contributed by atoms with van der Waals surface area (Å²) >= 11 is 0. The Balaban J connectivity index is 1.70. The van der Waals surface area contributed by atoms with Crippen LogP contribution in [0, 0.1) is 0 Å². The van der Waals surface area contributed by atoms with Gasteiger partial charge in [-0.1, -0.05) is 0 Å². The van der Waals surface area contributed by atoms with Gasteiger partial charge >= 0.3 is 15.6 Å². The zero-order valence-corrected chi connectivity index (χ0v) is 20.3. The molecule has 0 aromatic carbocycles. The van der Waals surface area contributed by atoms with E-state index in [0.29, 0.717) is 0 Å². The lowest BCUT2D eigenvalue weighted by atomic mass is 9.96. The quantitative estimate of drug-likeness (QED) is 0.207. The number of ether oxygens (including phenoxy) is 1. The first-order valence-corrected chi connectivity index (χ1v) is 13.1. The predicted octanol–water partition coefficient (Wildman–Crippen LogP) is -0.904. The minimum absolute atomic E-state index is 0.101. The predicted molar refractivity (Wildman–Crippen MR) is 117 cm³/mol. The lowest BCUT2D eigenvalue weighted by Gasteiger charge is -2.27. The number of anilines is 1. The van der Waals surface area contributed by atoms with Crippen LogP contribution in [0.2, 0.25) is 0 Å². The smallest absolute Gasteiger partial charge is 0.387 e. The van der Waals surface area contributed by atoms with Crippen LogP contribution in [0.5, 0.6) is 0 Å². The highest BCUT2D eigenvalue weighted by Gasteiger charge is 2.54. The standard InChI is InChI=1S/C17H21N5O12P2/c1-7(23)20-9-3-11(24)21-14-12-8(9)4-22(15(12)19-6-18-14)16-17(2,26)13(25)10(33-16)5-32-36(30,31)34-35(27,28)29/h3-4,6,10,13,16,25-26H,5H2,1-2H3,(H,20,23)(H,30,31)(H2,27,28,29)(H,18,19,21,24)/t10-,13-,16-,17-/m1/s1. The Hall–Kier alpha value is -2.56. The van der Waals surface area contributed by atoms with Gasteiger partial charge in [0.2, 0.25) is 5.91 Å². The fraction of sp³-hybridized carbons (Fsp3) is 0.412. The second-order valence-electron chi connectivity index (χ2n) is 8.13. The monoisotopic (exact) mass is 549 g/mol. The Bertz CT molecular complexity index is 1370. The molecule has 1 saturated heterocycles. The van der Waals surface area contributed by atoms with Crippen molar-refractivity contribution in [1.82, 2.24) is 19.9 Å². The first-order chi connectivity index (χ1) is 16.6. The number of nitrogens with one attached hydrogen (secondary N) is 2. The van der Waals surface area contributed by atoms with E-state index in [1.807, 2.05) is 0 Å². The zero-order valence-electron chi connectivity index (χ0n) is 18.5. The molecule has 0 radical (unpaired) electrons.